The molecule has 26 heavy (non-hydrogen) atoms. The predicted molar refractivity (Wildman–Crippen MR) is 105 cm³/mol. The van der Waals surface area contributed by atoms with E-state index in [1.807, 2.05) is 37.4 Å². The second-order valence-corrected chi connectivity index (χ2v) is 7.20. The van der Waals surface area contributed by atoms with Gasteiger partial charge in [-0.3, -0.25) is 0 Å². The Bertz CT molecular complexity index is 749. The fourth-order valence-corrected chi connectivity index (χ4v) is 2.94. The van der Waals surface area contributed by atoms with Gasteiger partial charge in [-0.1, -0.05) is 34.1 Å². The maximum atomic E-state index is 12.3. The minimum Gasteiger partial charge on any atom is -0.490 e. The van der Waals surface area contributed by atoms with Gasteiger partial charge in [0.25, 0.3) is 0 Å². The molecule has 2 aromatic carbocycles. The van der Waals surface area contributed by atoms with Crippen LogP contribution >= 0.6 is 15.9 Å². The highest BCUT2D eigenvalue weighted by atomic mass is 79.9. The summed E-state index contributed by atoms with van der Waals surface area (Å²) in [5, 5.41) is 2.95. The van der Waals surface area contributed by atoms with E-state index < -0.39 is 0 Å². The van der Waals surface area contributed by atoms with Crippen molar-refractivity contribution in [1.82, 2.24) is 10.2 Å². The van der Waals surface area contributed by atoms with Crippen molar-refractivity contribution >= 4 is 22.0 Å². The predicted octanol–water partition coefficient (Wildman–Crippen LogP) is 3.99. The smallest absolute Gasteiger partial charge is 0.317 e. The van der Waals surface area contributed by atoms with Gasteiger partial charge in [0.15, 0.2) is 11.5 Å². The summed E-state index contributed by atoms with van der Waals surface area (Å²) in [4.78, 5) is 14.0. The lowest BCUT2D eigenvalue weighted by atomic mass is 10.1. The molecule has 0 bridgehead atoms. The number of hydrogen-bond acceptors (Lipinski definition) is 3. The molecule has 0 unspecified atom stereocenters. The highest BCUT2D eigenvalue weighted by Crippen LogP contribution is 2.30. The van der Waals surface area contributed by atoms with Crippen molar-refractivity contribution in [2.24, 2.45) is 0 Å². The molecule has 1 aliphatic heterocycles. The third-order valence-corrected chi connectivity index (χ3v) is 4.78. The molecule has 0 radical (unpaired) electrons. The van der Waals surface area contributed by atoms with Gasteiger partial charge in [0.1, 0.15) is 0 Å². The number of halogens is 1. The summed E-state index contributed by atoms with van der Waals surface area (Å²) in [5.74, 6) is 1.52. The molecule has 1 N–H and O–H groups in total. The van der Waals surface area contributed by atoms with Crippen molar-refractivity contribution in [3.63, 3.8) is 0 Å². The van der Waals surface area contributed by atoms with Crippen molar-refractivity contribution in [3.05, 3.63) is 58.1 Å². The van der Waals surface area contributed by atoms with Crippen molar-refractivity contribution in [2.45, 2.75) is 19.4 Å². The van der Waals surface area contributed by atoms with Crippen LogP contribution in [-0.2, 0) is 13.0 Å². The van der Waals surface area contributed by atoms with Gasteiger partial charge < -0.3 is 19.7 Å². The molecule has 3 rings (SSSR count). The lowest BCUT2D eigenvalue weighted by Crippen LogP contribution is -2.37. The van der Waals surface area contributed by atoms with Gasteiger partial charge in [-0.15, -0.1) is 0 Å². The molecule has 5 nitrogen and oxygen atoms in total. The fourth-order valence-electron chi connectivity index (χ4n) is 2.68. The summed E-state index contributed by atoms with van der Waals surface area (Å²) in [6, 6.07) is 13.9. The van der Waals surface area contributed by atoms with Crippen LogP contribution in [0.25, 0.3) is 0 Å². The Morgan fingerprint density at radius 2 is 1.77 bits per heavy atom. The zero-order valence-electron chi connectivity index (χ0n) is 14.8. The number of fused-ring (bicyclic) bond motifs is 1. The quantitative estimate of drug-likeness (QED) is 0.798. The van der Waals surface area contributed by atoms with Gasteiger partial charge in [-0.2, -0.15) is 0 Å². The number of rotatable bonds is 5. The van der Waals surface area contributed by atoms with E-state index in [-0.39, 0.29) is 6.03 Å². The molecule has 1 aliphatic rings. The number of urea groups is 1. The Hall–Kier alpha value is -2.21. The van der Waals surface area contributed by atoms with E-state index >= 15 is 0 Å². The van der Waals surface area contributed by atoms with E-state index in [1.54, 1.807) is 4.90 Å². The Morgan fingerprint density at radius 1 is 1.08 bits per heavy atom. The molecule has 0 saturated heterocycles. The summed E-state index contributed by atoms with van der Waals surface area (Å²) >= 11 is 3.43. The van der Waals surface area contributed by atoms with E-state index in [2.05, 4.69) is 33.4 Å². The van der Waals surface area contributed by atoms with Crippen LogP contribution in [0.1, 0.15) is 17.5 Å². The van der Waals surface area contributed by atoms with Gasteiger partial charge in [0, 0.05) is 31.0 Å². The van der Waals surface area contributed by atoms with Crippen LogP contribution in [0, 0.1) is 0 Å². The molecule has 138 valence electrons. The van der Waals surface area contributed by atoms with E-state index in [4.69, 9.17) is 9.47 Å². The monoisotopic (exact) mass is 418 g/mol. The van der Waals surface area contributed by atoms with Crippen LogP contribution in [0.5, 0.6) is 11.5 Å². The number of nitrogens with zero attached hydrogens (tertiary/aromatic N) is 1. The molecule has 1 heterocycles. The van der Waals surface area contributed by atoms with Crippen molar-refractivity contribution in [3.8, 4) is 11.5 Å². The maximum Gasteiger partial charge on any atom is 0.317 e. The molecule has 0 spiro atoms. The summed E-state index contributed by atoms with van der Waals surface area (Å²) in [6.07, 6.45) is 1.70. The topological polar surface area (TPSA) is 50.8 Å². The molecular formula is C20H23BrN2O3. The minimum atomic E-state index is -0.0887. The molecule has 0 aromatic heterocycles. The average Bonchev–Trinajstić information content (AvgIpc) is 2.90. The Morgan fingerprint density at radius 3 is 2.54 bits per heavy atom. The van der Waals surface area contributed by atoms with E-state index in [1.165, 1.54) is 5.56 Å². The summed E-state index contributed by atoms with van der Waals surface area (Å²) in [7, 11) is 1.81. The largest absolute Gasteiger partial charge is 0.490 e. The number of benzene rings is 2. The molecule has 0 saturated carbocycles. The highest BCUT2D eigenvalue weighted by Gasteiger charge is 2.12. The summed E-state index contributed by atoms with van der Waals surface area (Å²) in [6.45, 7) is 2.44. The van der Waals surface area contributed by atoms with Crippen LogP contribution in [0.4, 0.5) is 4.79 Å². The van der Waals surface area contributed by atoms with Crippen LogP contribution < -0.4 is 14.8 Å². The molecular weight excluding hydrogens is 396 g/mol. The molecule has 0 atom stereocenters. The zero-order chi connectivity index (χ0) is 18.4. The summed E-state index contributed by atoms with van der Waals surface area (Å²) in [5.41, 5.74) is 2.19. The Labute approximate surface area is 162 Å². The Balaban J connectivity index is 1.48. The molecule has 0 aliphatic carbocycles. The molecule has 2 aromatic rings. The lowest BCUT2D eigenvalue weighted by molar-refractivity contribution is 0.209. The number of ether oxygens (including phenoxy) is 2. The number of hydrogen-bond donors (Lipinski definition) is 1. The minimum absolute atomic E-state index is 0.0887. The van der Waals surface area contributed by atoms with Crippen LogP contribution in [0.15, 0.2) is 46.9 Å². The first-order chi connectivity index (χ1) is 12.6. The fraction of sp³-hybridized carbons (Fsp3) is 0.350. The average molecular weight is 419 g/mol. The molecule has 0 fully saturated rings. The van der Waals surface area contributed by atoms with Crippen molar-refractivity contribution in [2.75, 3.05) is 26.8 Å². The van der Waals surface area contributed by atoms with E-state index in [0.717, 1.165) is 34.4 Å². The van der Waals surface area contributed by atoms with Gasteiger partial charge >= 0.3 is 6.03 Å². The first-order valence-corrected chi connectivity index (χ1v) is 9.53. The summed E-state index contributed by atoms with van der Waals surface area (Å²) < 4.78 is 12.4. The lowest BCUT2D eigenvalue weighted by Gasteiger charge is -2.18. The molecule has 6 heteroatoms. The van der Waals surface area contributed by atoms with E-state index in [9.17, 15) is 4.79 Å². The SMILES string of the molecule is CN(CCc1ccc(Br)cc1)C(=O)NCc1ccc2c(c1)OCCCO2. The second-order valence-electron chi connectivity index (χ2n) is 6.29. The number of carbonyl (C=O) groups excluding carboxylic acids is 1. The van der Waals surface area contributed by atoms with Gasteiger partial charge in [-0.05, 0) is 41.8 Å². The normalized spacial score (nSPS) is 13.0. The first kappa shape index (κ1) is 18.6. The van der Waals surface area contributed by atoms with Crippen LogP contribution in [0.2, 0.25) is 0 Å². The van der Waals surface area contributed by atoms with Crippen LogP contribution in [-0.4, -0.2) is 37.7 Å². The van der Waals surface area contributed by atoms with Crippen molar-refractivity contribution in [1.29, 1.82) is 0 Å². The highest BCUT2D eigenvalue weighted by molar-refractivity contribution is 9.10. The second kappa shape index (κ2) is 8.94. The van der Waals surface area contributed by atoms with Gasteiger partial charge in [0.2, 0.25) is 0 Å². The standard InChI is InChI=1S/C20H23BrN2O3/c1-23(10-9-15-3-6-17(21)7-4-15)20(24)22-14-16-5-8-18-19(13-16)26-12-2-11-25-18/h3-8,13H,2,9-12,14H2,1H3,(H,22,24). The third-order valence-electron chi connectivity index (χ3n) is 4.25. The van der Waals surface area contributed by atoms with Gasteiger partial charge in [0.05, 0.1) is 13.2 Å². The first-order valence-electron chi connectivity index (χ1n) is 8.74. The number of nitrogens with one attached hydrogen (secondary N) is 1. The number of carbonyl (C=O) groups is 1. The molecule has 2 amide bonds. The number of likely N-dealkylation sites (N-methyl/N-ethyl adjacent to an activating group) is 1. The van der Waals surface area contributed by atoms with E-state index in [0.29, 0.717) is 26.3 Å². The zero-order valence-corrected chi connectivity index (χ0v) is 16.4. The van der Waals surface area contributed by atoms with Crippen LogP contribution in [0.3, 0.4) is 0 Å². The number of amides is 2. The Kier molecular flexibility index (Phi) is 6.39. The van der Waals surface area contributed by atoms with Gasteiger partial charge in [-0.25, -0.2) is 4.79 Å². The maximum absolute atomic E-state index is 12.3. The third kappa shape index (κ3) is 5.14. The van der Waals surface area contributed by atoms with Crippen molar-refractivity contribution < 1.29 is 14.3 Å².